The van der Waals surface area contributed by atoms with Crippen molar-refractivity contribution in [3.05, 3.63) is 0 Å². The van der Waals surface area contributed by atoms with Gasteiger partial charge in [0.25, 0.3) is 0 Å². The minimum Gasteiger partial charge on any atom is -0.395 e. The molecule has 0 heterocycles. The van der Waals surface area contributed by atoms with Crippen LogP contribution in [0.2, 0.25) is 0 Å². The highest BCUT2D eigenvalue weighted by Crippen LogP contribution is 2.25. The van der Waals surface area contributed by atoms with Crippen molar-refractivity contribution in [3.8, 4) is 0 Å². The number of alkyl halides is 6. The molecule has 0 rings (SSSR count). The van der Waals surface area contributed by atoms with E-state index in [9.17, 15) is 0 Å². The van der Waals surface area contributed by atoms with Gasteiger partial charge in [-0.3, -0.25) is 0 Å². The standard InChI is InChI=1S/3C3H6BrClO.H3O4P/c3*4-3(1-5)2-6;1-5(2,3)4/h3*3,6H,1-2H2;(H3,1,2,3,4). The van der Waals surface area contributed by atoms with Gasteiger partial charge in [0.1, 0.15) is 0 Å². The monoisotopic (exact) mass is 614 g/mol. The molecule has 23 heavy (non-hydrogen) atoms. The van der Waals surface area contributed by atoms with Gasteiger partial charge in [-0.15, -0.1) is 34.8 Å². The molecule has 0 amide bonds. The van der Waals surface area contributed by atoms with Gasteiger partial charge in [-0.2, -0.15) is 0 Å². The van der Waals surface area contributed by atoms with Gasteiger partial charge in [-0.05, 0) is 0 Å². The number of phosphoric acid groups is 1. The molecule has 0 fully saturated rings. The van der Waals surface area contributed by atoms with Crippen molar-refractivity contribution in [2.75, 3.05) is 37.5 Å². The molecule has 0 aromatic rings. The van der Waals surface area contributed by atoms with Crippen molar-refractivity contribution < 1.29 is 34.6 Å². The first kappa shape index (κ1) is 32.9. The van der Waals surface area contributed by atoms with Crippen LogP contribution in [-0.4, -0.2) is 81.9 Å². The van der Waals surface area contributed by atoms with Crippen molar-refractivity contribution in [2.24, 2.45) is 0 Å². The third-order valence-corrected chi connectivity index (χ3v) is 5.17. The molecule has 6 N–H and O–H groups in total. The second kappa shape index (κ2) is 24.3. The topological polar surface area (TPSA) is 138 Å². The van der Waals surface area contributed by atoms with E-state index in [1.807, 2.05) is 0 Å². The third kappa shape index (κ3) is 59.1. The molecule has 0 aliphatic heterocycles. The molecular formula is C9H21Br3Cl3O7P. The van der Waals surface area contributed by atoms with Crippen LogP contribution in [0.4, 0.5) is 0 Å². The summed E-state index contributed by atoms with van der Waals surface area (Å²) in [7, 11) is -4.64. The fourth-order valence-corrected chi connectivity index (χ4v) is 0.439. The van der Waals surface area contributed by atoms with Crippen molar-refractivity contribution in [2.45, 2.75) is 14.5 Å². The Labute approximate surface area is 176 Å². The molecule has 0 saturated heterocycles. The first-order chi connectivity index (χ1) is 10.4. The largest absolute Gasteiger partial charge is 0.466 e. The lowest BCUT2D eigenvalue weighted by Crippen LogP contribution is -2.03. The van der Waals surface area contributed by atoms with Gasteiger partial charge in [-0.1, -0.05) is 47.8 Å². The van der Waals surface area contributed by atoms with E-state index in [0.29, 0.717) is 17.6 Å². The summed E-state index contributed by atoms with van der Waals surface area (Å²) >= 11 is 25.0. The fourth-order valence-electron chi connectivity index (χ4n) is 0.146. The van der Waals surface area contributed by atoms with Gasteiger partial charge in [0.05, 0.1) is 34.3 Å². The van der Waals surface area contributed by atoms with Gasteiger partial charge < -0.3 is 30.0 Å². The zero-order chi connectivity index (χ0) is 19.5. The first-order valence-corrected chi connectivity index (χ1v) is 11.6. The Hall–Kier alpha value is 2.30. The lowest BCUT2D eigenvalue weighted by atomic mass is 10.5. The molecule has 146 valence electrons. The number of halogens is 6. The molecule has 0 aromatic carbocycles. The van der Waals surface area contributed by atoms with E-state index in [-0.39, 0.29) is 34.3 Å². The average molecular weight is 618 g/mol. The predicted molar refractivity (Wildman–Crippen MR) is 106 cm³/mol. The summed E-state index contributed by atoms with van der Waals surface area (Å²) in [6.45, 7) is 0.344. The third-order valence-electron chi connectivity index (χ3n) is 1.10. The number of rotatable bonds is 6. The van der Waals surface area contributed by atoms with Crippen LogP contribution in [0.3, 0.4) is 0 Å². The highest BCUT2D eigenvalue weighted by molar-refractivity contribution is 9.10. The van der Waals surface area contributed by atoms with Crippen LogP contribution < -0.4 is 0 Å². The van der Waals surface area contributed by atoms with Gasteiger partial charge in [-0.25, -0.2) is 4.57 Å². The van der Waals surface area contributed by atoms with E-state index in [1.165, 1.54) is 0 Å². The molecule has 14 heteroatoms. The second-order valence-corrected chi connectivity index (χ2v) is 9.15. The summed E-state index contributed by atoms with van der Waals surface area (Å²) in [5.74, 6) is 1.41. The van der Waals surface area contributed by atoms with Gasteiger partial charge in [0, 0.05) is 17.6 Å². The second-order valence-electron chi connectivity index (χ2n) is 3.32. The lowest BCUT2D eigenvalue weighted by molar-refractivity contribution is 0.275. The SMILES string of the molecule is O=P(O)(O)O.OCC(Br)CCl.OCC(Br)CCl.OCC(Br)CCl. The van der Waals surface area contributed by atoms with Gasteiger partial charge in [0.2, 0.25) is 0 Å². The van der Waals surface area contributed by atoms with E-state index in [2.05, 4.69) is 47.8 Å². The average Bonchev–Trinajstić information content (AvgIpc) is 2.51. The molecule has 7 nitrogen and oxygen atoms in total. The molecule has 0 saturated carbocycles. The van der Waals surface area contributed by atoms with E-state index in [4.69, 9.17) is 69.4 Å². The van der Waals surface area contributed by atoms with Gasteiger partial charge in [0.15, 0.2) is 0 Å². The molecule has 0 spiro atoms. The first-order valence-electron chi connectivity index (χ1n) is 5.64. The molecule has 3 unspecified atom stereocenters. The quantitative estimate of drug-likeness (QED) is 0.198. The molecule has 3 atom stereocenters. The number of aliphatic hydroxyl groups is 3. The maximum atomic E-state index is 8.88. The zero-order valence-electron chi connectivity index (χ0n) is 11.8. The lowest BCUT2D eigenvalue weighted by Gasteiger charge is -1.94. The maximum Gasteiger partial charge on any atom is 0.466 e. The van der Waals surface area contributed by atoms with E-state index in [0.717, 1.165) is 0 Å². The van der Waals surface area contributed by atoms with Crippen molar-refractivity contribution in [3.63, 3.8) is 0 Å². The summed E-state index contributed by atoms with van der Waals surface area (Å²) in [6.07, 6.45) is 0. The highest BCUT2D eigenvalue weighted by Gasteiger charge is 2.00. The number of aliphatic hydroxyl groups excluding tert-OH is 3. The summed E-state index contributed by atoms with van der Waals surface area (Å²) in [5.41, 5.74) is 0. The Morgan fingerprint density at radius 1 is 0.696 bits per heavy atom. The highest BCUT2D eigenvalue weighted by atomic mass is 79.9. The Kier molecular flexibility index (Phi) is 34.8. The molecular weight excluding hydrogens is 597 g/mol. The summed E-state index contributed by atoms with van der Waals surface area (Å²) in [4.78, 5) is 21.8. The smallest absolute Gasteiger partial charge is 0.395 e. The number of hydrogen-bond donors (Lipinski definition) is 6. The van der Waals surface area contributed by atoms with Crippen LogP contribution in [0.15, 0.2) is 0 Å². The molecule has 0 aliphatic rings. The Morgan fingerprint density at radius 2 is 0.826 bits per heavy atom. The van der Waals surface area contributed by atoms with Crippen LogP contribution in [0.1, 0.15) is 0 Å². The minimum absolute atomic E-state index is 0.0687. The Bertz CT molecular complexity index is 223. The zero-order valence-corrected chi connectivity index (χ0v) is 19.7. The van der Waals surface area contributed by atoms with E-state index in [1.54, 1.807) is 0 Å². The summed E-state index contributed by atoms with van der Waals surface area (Å²) < 4.78 is 8.88. The Morgan fingerprint density at radius 3 is 0.826 bits per heavy atom. The van der Waals surface area contributed by atoms with E-state index >= 15 is 0 Å². The van der Waals surface area contributed by atoms with Gasteiger partial charge >= 0.3 is 7.82 Å². The van der Waals surface area contributed by atoms with Crippen LogP contribution in [0.25, 0.3) is 0 Å². The maximum absolute atomic E-state index is 8.88. The minimum atomic E-state index is -4.64. The molecule has 0 bridgehead atoms. The van der Waals surface area contributed by atoms with Crippen molar-refractivity contribution >= 4 is 90.4 Å². The fraction of sp³-hybridized carbons (Fsp3) is 1.00. The Balaban J connectivity index is -0.000000105. The summed E-state index contributed by atoms with van der Waals surface area (Å²) in [5, 5.41) is 24.6. The summed E-state index contributed by atoms with van der Waals surface area (Å²) in [6, 6.07) is 0. The van der Waals surface area contributed by atoms with Crippen LogP contribution in [-0.2, 0) is 4.57 Å². The van der Waals surface area contributed by atoms with E-state index < -0.39 is 7.82 Å². The number of hydrogen-bond acceptors (Lipinski definition) is 4. The van der Waals surface area contributed by atoms with Crippen molar-refractivity contribution in [1.29, 1.82) is 0 Å². The van der Waals surface area contributed by atoms with Crippen LogP contribution in [0, 0.1) is 0 Å². The molecule has 0 aliphatic carbocycles. The molecule has 0 aromatic heterocycles. The normalized spacial score (nSPS) is 13.9. The molecule has 0 radical (unpaired) electrons. The van der Waals surface area contributed by atoms with Crippen molar-refractivity contribution in [1.82, 2.24) is 0 Å². The van der Waals surface area contributed by atoms with Crippen LogP contribution >= 0.6 is 90.4 Å². The predicted octanol–water partition coefficient (Wildman–Crippen LogP) is 2.01. The van der Waals surface area contributed by atoms with Crippen LogP contribution in [0.5, 0.6) is 0 Å².